The number of anilines is 1. The number of halogens is 3. The number of aromatic nitrogens is 3. The normalized spacial score (nSPS) is 11.8. The molecule has 4 N–H and O–H groups in total. The first-order valence-electron chi connectivity index (χ1n) is 4.11. The molecule has 0 radical (unpaired) electrons. The van der Waals surface area contributed by atoms with E-state index in [1.54, 1.807) is 12.1 Å². The standard InChI is InChI=1S/C6H11F3N6/c1-11-2-3-15(10)5-12-4(13-14-5)6(7,8)9/h11H,2-3,10H2,1H3,(H,12,13,14). The van der Waals surface area contributed by atoms with Gasteiger partial charge in [0.2, 0.25) is 5.82 Å². The van der Waals surface area contributed by atoms with E-state index in [-0.39, 0.29) is 5.95 Å². The number of hydrogen-bond donors (Lipinski definition) is 3. The highest BCUT2D eigenvalue weighted by molar-refractivity contribution is 5.25. The Morgan fingerprint density at radius 1 is 1.53 bits per heavy atom. The largest absolute Gasteiger partial charge is 0.451 e. The van der Waals surface area contributed by atoms with Crippen molar-refractivity contribution in [3.05, 3.63) is 5.82 Å². The molecule has 0 atom stereocenters. The summed E-state index contributed by atoms with van der Waals surface area (Å²) in [7, 11) is 1.70. The maximum Gasteiger partial charge on any atom is 0.451 e. The van der Waals surface area contributed by atoms with E-state index in [4.69, 9.17) is 5.84 Å². The second-order valence-corrected chi connectivity index (χ2v) is 2.78. The number of nitrogens with one attached hydrogen (secondary N) is 2. The van der Waals surface area contributed by atoms with Crippen molar-refractivity contribution in [3.63, 3.8) is 0 Å². The molecule has 0 aliphatic rings. The zero-order chi connectivity index (χ0) is 11.5. The Morgan fingerprint density at radius 3 is 2.67 bits per heavy atom. The van der Waals surface area contributed by atoms with Crippen LogP contribution in [0.1, 0.15) is 5.82 Å². The average Bonchev–Trinajstić information content (AvgIpc) is 2.62. The summed E-state index contributed by atoms with van der Waals surface area (Å²) >= 11 is 0. The van der Waals surface area contributed by atoms with Crippen LogP contribution in [-0.2, 0) is 6.18 Å². The molecule has 1 aromatic heterocycles. The van der Waals surface area contributed by atoms with Gasteiger partial charge in [-0.15, -0.1) is 5.10 Å². The summed E-state index contributed by atoms with van der Waals surface area (Å²) in [6, 6.07) is 0. The Morgan fingerprint density at radius 2 is 2.20 bits per heavy atom. The second-order valence-electron chi connectivity index (χ2n) is 2.78. The summed E-state index contributed by atoms with van der Waals surface area (Å²) in [4.78, 5) is 3.22. The van der Waals surface area contributed by atoms with Crippen molar-refractivity contribution in [2.45, 2.75) is 6.18 Å². The third-order valence-electron chi connectivity index (χ3n) is 1.60. The number of aromatic amines is 1. The Labute approximate surface area is 83.6 Å². The van der Waals surface area contributed by atoms with Crippen LogP contribution in [0, 0.1) is 0 Å². The molecule has 15 heavy (non-hydrogen) atoms. The molecular weight excluding hydrogens is 213 g/mol. The number of alkyl halides is 3. The molecule has 9 heteroatoms. The van der Waals surface area contributed by atoms with Crippen LogP contribution in [0.5, 0.6) is 0 Å². The molecule has 0 aromatic carbocycles. The van der Waals surface area contributed by atoms with Crippen molar-refractivity contribution in [1.82, 2.24) is 20.5 Å². The number of hydrazine groups is 1. The van der Waals surface area contributed by atoms with Crippen molar-refractivity contribution in [1.29, 1.82) is 0 Å². The van der Waals surface area contributed by atoms with Crippen LogP contribution in [0.4, 0.5) is 19.1 Å². The molecule has 0 aliphatic heterocycles. The number of likely N-dealkylation sites (N-methyl/N-ethyl adjacent to an activating group) is 1. The summed E-state index contributed by atoms with van der Waals surface area (Å²) in [5.41, 5.74) is 0. The van der Waals surface area contributed by atoms with Gasteiger partial charge in [0.15, 0.2) is 0 Å². The minimum Gasteiger partial charge on any atom is -0.318 e. The third-order valence-corrected chi connectivity index (χ3v) is 1.60. The molecule has 1 aromatic rings. The van der Waals surface area contributed by atoms with E-state index < -0.39 is 12.0 Å². The van der Waals surface area contributed by atoms with Crippen LogP contribution in [0.15, 0.2) is 0 Å². The van der Waals surface area contributed by atoms with Crippen molar-refractivity contribution in [2.24, 2.45) is 5.84 Å². The van der Waals surface area contributed by atoms with Gasteiger partial charge in [-0.25, -0.2) is 5.84 Å². The first-order chi connectivity index (χ1) is 6.95. The molecular formula is C6H11F3N6. The number of rotatable bonds is 4. The molecule has 0 spiro atoms. The van der Waals surface area contributed by atoms with E-state index in [2.05, 4.69) is 15.4 Å². The highest BCUT2D eigenvalue weighted by Gasteiger charge is 2.35. The summed E-state index contributed by atoms with van der Waals surface area (Å²) in [6.07, 6.45) is -4.53. The highest BCUT2D eigenvalue weighted by Crippen LogP contribution is 2.26. The van der Waals surface area contributed by atoms with E-state index in [1.807, 2.05) is 0 Å². The van der Waals surface area contributed by atoms with Crippen LogP contribution in [-0.4, -0.2) is 35.3 Å². The lowest BCUT2D eigenvalue weighted by Gasteiger charge is -2.12. The molecule has 0 fully saturated rings. The van der Waals surface area contributed by atoms with Crippen molar-refractivity contribution >= 4 is 5.95 Å². The summed E-state index contributed by atoms with van der Waals surface area (Å²) in [5, 5.41) is 8.95. The van der Waals surface area contributed by atoms with Gasteiger partial charge in [-0.05, 0) is 7.05 Å². The molecule has 1 heterocycles. The number of nitrogens with zero attached hydrogens (tertiary/aromatic N) is 3. The van der Waals surface area contributed by atoms with E-state index in [0.717, 1.165) is 5.01 Å². The smallest absolute Gasteiger partial charge is 0.318 e. The van der Waals surface area contributed by atoms with Crippen LogP contribution < -0.4 is 16.2 Å². The van der Waals surface area contributed by atoms with Gasteiger partial charge in [-0.1, -0.05) is 0 Å². The van der Waals surface area contributed by atoms with Gasteiger partial charge < -0.3 is 5.32 Å². The van der Waals surface area contributed by atoms with Crippen molar-refractivity contribution in [2.75, 3.05) is 25.1 Å². The highest BCUT2D eigenvalue weighted by atomic mass is 19.4. The maximum absolute atomic E-state index is 12.1. The van der Waals surface area contributed by atoms with E-state index >= 15 is 0 Å². The van der Waals surface area contributed by atoms with Crippen molar-refractivity contribution in [3.8, 4) is 0 Å². The zero-order valence-corrected chi connectivity index (χ0v) is 7.97. The lowest BCUT2D eigenvalue weighted by molar-refractivity contribution is -0.144. The molecule has 1 rings (SSSR count). The van der Waals surface area contributed by atoms with Crippen LogP contribution in [0.2, 0.25) is 0 Å². The fourth-order valence-corrected chi connectivity index (χ4v) is 0.840. The van der Waals surface area contributed by atoms with Gasteiger partial charge >= 0.3 is 6.18 Å². The van der Waals surface area contributed by atoms with Crippen LogP contribution >= 0.6 is 0 Å². The quantitative estimate of drug-likeness (QED) is 0.484. The third kappa shape index (κ3) is 3.06. The van der Waals surface area contributed by atoms with E-state index in [9.17, 15) is 13.2 Å². The summed E-state index contributed by atoms with van der Waals surface area (Å²) in [5.74, 6) is 4.08. The minimum atomic E-state index is -4.53. The molecule has 6 nitrogen and oxygen atoms in total. The average molecular weight is 224 g/mol. The Hall–Kier alpha value is -1.35. The van der Waals surface area contributed by atoms with Crippen LogP contribution in [0.3, 0.4) is 0 Å². The zero-order valence-electron chi connectivity index (χ0n) is 7.97. The van der Waals surface area contributed by atoms with Gasteiger partial charge in [0.25, 0.3) is 5.95 Å². The fraction of sp³-hybridized carbons (Fsp3) is 0.667. The van der Waals surface area contributed by atoms with E-state index in [1.165, 1.54) is 0 Å². The molecule has 0 aliphatic carbocycles. The number of hydrogen-bond acceptors (Lipinski definition) is 5. The lowest BCUT2D eigenvalue weighted by Crippen LogP contribution is -2.37. The van der Waals surface area contributed by atoms with Gasteiger partial charge in [-0.3, -0.25) is 10.1 Å². The van der Waals surface area contributed by atoms with Crippen LogP contribution in [0.25, 0.3) is 0 Å². The molecule has 0 bridgehead atoms. The molecule has 0 amide bonds. The predicted molar refractivity (Wildman–Crippen MR) is 46.8 cm³/mol. The fourth-order valence-electron chi connectivity index (χ4n) is 0.840. The predicted octanol–water partition coefficient (Wildman–Crippen LogP) is -0.277. The van der Waals surface area contributed by atoms with Crippen molar-refractivity contribution < 1.29 is 13.2 Å². The Balaban J connectivity index is 2.67. The summed E-state index contributed by atoms with van der Waals surface area (Å²) < 4.78 is 36.3. The number of nitrogens with two attached hydrogens (primary N) is 1. The van der Waals surface area contributed by atoms with Gasteiger partial charge in [0, 0.05) is 13.1 Å². The molecule has 0 saturated heterocycles. The SMILES string of the molecule is CNCCN(N)c1n[nH]c(C(F)(F)F)n1. The monoisotopic (exact) mass is 224 g/mol. The second kappa shape index (κ2) is 4.45. The van der Waals surface area contributed by atoms with Gasteiger partial charge in [0.1, 0.15) is 0 Å². The molecule has 0 saturated carbocycles. The number of H-pyrrole nitrogens is 1. The van der Waals surface area contributed by atoms with Gasteiger partial charge in [0.05, 0.1) is 0 Å². The topological polar surface area (TPSA) is 82.9 Å². The first-order valence-corrected chi connectivity index (χ1v) is 4.11. The van der Waals surface area contributed by atoms with Gasteiger partial charge in [-0.2, -0.15) is 18.2 Å². The lowest BCUT2D eigenvalue weighted by atomic mass is 10.6. The molecule has 0 unspecified atom stereocenters. The van der Waals surface area contributed by atoms with E-state index in [0.29, 0.717) is 13.1 Å². The first kappa shape index (κ1) is 11.7. The summed E-state index contributed by atoms with van der Waals surface area (Å²) in [6.45, 7) is 0.831. The Kier molecular flexibility index (Phi) is 3.48. The minimum absolute atomic E-state index is 0.183. The maximum atomic E-state index is 12.1. The Bertz CT molecular complexity index is 308. The molecule has 86 valence electrons.